The zero-order chi connectivity index (χ0) is 22.4. The lowest BCUT2D eigenvalue weighted by Gasteiger charge is -2.21. The van der Waals surface area contributed by atoms with Crippen LogP contribution in [-0.4, -0.2) is 37.1 Å². The van der Waals surface area contributed by atoms with Crippen molar-refractivity contribution in [1.29, 1.82) is 0 Å². The zero-order valence-electron chi connectivity index (χ0n) is 17.8. The normalized spacial score (nSPS) is 11.8. The number of nitrogens with one attached hydrogen (secondary N) is 2. The molecule has 1 atom stereocenters. The maximum atomic E-state index is 12.8. The van der Waals surface area contributed by atoms with Gasteiger partial charge in [-0.15, -0.1) is 11.3 Å². The molecule has 31 heavy (non-hydrogen) atoms. The van der Waals surface area contributed by atoms with Gasteiger partial charge in [-0.1, -0.05) is 19.9 Å². The predicted molar refractivity (Wildman–Crippen MR) is 117 cm³/mol. The number of ether oxygens (including phenoxy) is 2. The van der Waals surface area contributed by atoms with Crippen molar-refractivity contribution in [1.82, 2.24) is 15.6 Å². The van der Waals surface area contributed by atoms with Crippen molar-refractivity contribution in [3.05, 3.63) is 53.2 Å². The number of methoxy groups -OCH3 is 2. The van der Waals surface area contributed by atoms with Gasteiger partial charge in [0.1, 0.15) is 23.8 Å². The Kier molecular flexibility index (Phi) is 7.30. The summed E-state index contributed by atoms with van der Waals surface area (Å²) in [7, 11) is 3.02. The molecule has 0 aliphatic carbocycles. The fourth-order valence-electron chi connectivity index (χ4n) is 2.89. The third kappa shape index (κ3) is 5.64. The van der Waals surface area contributed by atoms with Gasteiger partial charge in [0.15, 0.2) is 0 Å². The van der Waals surface area contributed by atoms with Gasteiger partial charge in [0, 0.05) is 11.6 Å². The molecule has 2 amide bonds. The number of carbonyl (C=O) groups is 2. The number of rotatable bonds is 9. The lowest BCUT2D eigenvalue weighted by molar-refractivity contribution is -0.124. The van der Waals surface area contributed by atoms with Crippen molar-refractivity contribution in [2.75, 3.05) is 14.2 Å². The first-order chi connectivity index (χ1) is 14.9. The average Bonchev–Trinajstić information content (AvgIpc) is 3.46. The summed E-state index contributed by atoms with van der Waals surface area (Å²) < 4.78 is 15.9. The van der Waals surface area contributed by atoms with Gasteiger partial charge in [-0.2, -0.15) is 0 Å². The molecule has 0 saturated heterocycles. The molecule has 0 saturated carbocycles. The van der Waals surface area contributed by atoms with Crippen LogP contribution in [-0.2, 0) is 11.3 Å². The van der Waals surface area contributed by atoms with Crippen molar-refractivity contribution < 1.29 is 23.5 Å². The molecule has 164 valence electrons. The minimum atomic E-state index is -0.728. The number of hydrogen-bond acceptors (Lipinski definition) is 7. The second-order valence-corrected chi connectivity index (χ2v) is 8.08. The van der Waals surface area contributed by atoms with Crippen LogP contribution in [0.3, 0.4) is 0 Å². The van der Waals surface area contributed by atoms with Crippen LogP contribution in [0.5, 0.6) is 11.5 Å². The molecule has 0 radical (unpaired) electrons. The van der Waals surface area contributed by atoms with Gasteiger partial charge < -0.3 is 24.5 Å². The molecule has 2 aromatic heterocycles. The molecule has 0 fully saturated rings. The summed E-state index contributed by atoms with van der Waals surface area (Å²) in [5.41, 5.74) is 0.940. The van der Waals surface area contributed by atoms with E-state index in [1.54, 1.807) is 18.2 Å². The average molecular weight is 444 g/mol. The van der Waals surface area contributed by atoms with Gasteiger partial charge in [-0.3, -0.25) is 9.59 Å². The summed E-state index contributed by atoms with van der Waals surface area (Å²) >= 11 is 1.52. The summed E-state index contributed by atoms with van der Waals surface area (Å²) in [4.78, 5) is 30.9. The molecular weight excluding hydrogens is 418 g/mol. The third-order valence-corrected chi connectivity index (χ3v) is 5.43. The van der Waals surface area contributed by atoms with E-state index in [9.17, 15) is 9.59 Å². The van der Waals surface area contributed by atoms with Crippen LogP contribution < -0.4 is 20.1 Å². The van der Waals surface area contributed by atoms with Crippen molar-refractivity contribution in [2.45, 2.75) is 26.4 Å². The molecule has 0 bridgehead atoms. The molecule has 1 aromatic carbocycles. The number of benzene rings is 1. The van der Waals surface area contributed by atoms with Crippen LogP contribution in [0.15, 0.2) is 46.4 Å². The molecule has 9 heteroatoms. The molecule has 2 N–H and O–H groups in total. The summed E-state index contributed by atoms with van der Waals surface area (Å²) in [5.74, 6) is 0.659. The third-order valence-electron chi connectivity index (χ3n) is 4.58. The Labute approximate surface area is 184 Å². The molecule has 0 spiro atoms. The molecule has 8 nitrogen and oxygen atoms in total. The molecule has 0 unspecified atom stereocenters. The fourth-order valence-corrected chi connectivity index (χ4v) is 3.54. The van der Waals surface area contributed by atoms with Crippen molar-refractivity contribution >= 4 is 23.2 Å². The second-order valence-electron chi connectivity index (χ2n) is 7.14. The first kappa shape index (κ1) is 22.4. The number of carbonyl (C=O) groups excluding carboxylic acids is 2. The van der Waals surface area contributed by atoms with E-state index in [2.05, 4.69) is 15.6 Å². The lowest BCUT2D eigenvalue weighted by atomic mass is 10.0. The van der Waals surface area contributed by atoms with Gasteiger partial charge >= 0.3 is 0 Å². The first-order valence-corrected chi connectivity index (χ1v) is 10.6. The Morgan fingerprint density at radius 3 is 2.45 bits per heavy atom. The van der Waals surface area contributed by atoms with E-state index in [0.29, 0.717) is 28.6 Å². The summed E-state index contributed by atoms with van der Waals surface area (Å²) in [6, 6.07) is 7.96. The molecule has 0 aliphatic heterocycles. The number of aromatic nitrogens is 1. The first-order valence-electron chi connectivity index (χ1n) is 9.71. The molecule has 3 rings (SSSR count). The number of thiophene rings is 1. The van der Waals surface area contributed by atoms with Gasteiger partial charge in [-0.25, -0.2) is 4.98 Å². The molecular formula is C22H25N3O5S. The number of amides is 2. The Morgan fingerprint density at radius 2 is 1.87 bits per heavy atom. The van der Waals surface area contributed by atoms with E-state index in [1.807, 2.05) is 31.4 Å². The van der Waals surface area contributed by atoms with Gasteiger partial charge in [-0.05, 0) is 29.5 Å². The van der Waals surface area contributed by atoms with Crippen LogP contribution in [0.2, 0.25) is 0 Å². The summed E-state index contributed by atoms with van der Waals surface area (Å²) in [6.45, 7) is 3.92. The van der Waals surface area contributed by atoms with Crippen LogP contribution in [0.25, 0.3) is 10.8 Å². The Hall–Kier alpha value is -3.33. The SMILES string of the molecule is COc1cc(OC)cc(C(=O)N[C@H](C(=O)NCc2coc(-c3cccs3)n2)C(C)C)c1. The predicted octanol–water partition coefficient (Wildman–Crippen LogP) is 3.49. The van der Waals surface area contributed by atoms with Crippen LogP contribution in [0.1, 0.15) is 29.9 Å². The Balaban J connectivity index is 1.65. The fraction of sp³-hybridized carbons (Fsp3) is 0.318. The van der Waals surface area contributed by atoms with E-state index in [4.69, 9.17) is 13.9 Å². The number of oxazole rings is 1. The van der Waals surface area contributed by atoms with E-state index >= 15 is 0 Å². The number of nitrogens with zero attached hydrogens (tertiary/aromatic N) is 1. The topological polar surface area (TPSA) is 103 Å². The molecule has 0 aliphatic rings. The van der Waals surface area contributed by atoms with Gasteiger partial charge in [0.2, 0.25) is 11.8 Å². The monoisotopic (exact) mass is 443 g/mol. The minimum absolute atomic E-state index is 0.129. The largest absolute Gasteiger partial charge is 0.497 e. The molecule has 2 heterocycles. The Bertz CT molecular complexity index is 1010. The van der Waals surface area contributed by atoms with Gasteiger partial charge in [0.05, 0.1) is 31.3 Å². The van der Waals surface area contributed by atoms with Crippen molar-refractivity contribution in [2.24, 2.45) is 5.92 Å². The quantitative estimate of drug-likeness (QED) is 0.525. The lowest BCUT2D eigenvalue weighted by Crippen LogP contribution is -2.49. The number of hydrogen-bond donors (Lipinski definition) is 2. The summed E-state index contributed by atoms with van der Waals surface area (Å²) in [6.07, 6.45) is 1.51. The van der Waals surface area contributed by atoms with Gasteiger partial charge in [0.25, 0.3) is 5.91 Å². The van der Waals surface area contributed by atoms with E-state index < -0.39 is 11.9 Å². The molecule has 3 aromatic rings. The smallest absolute Gasteiger partial charge is 0.252 e. The van der Waals surface area contributed by atoms with E-state index in [1.165, 1.54) is 31.8 Å². The van der Waals surface area contributed by atoms with E-state index in [-0.39, 0.29) is 18.4 Å². The van der Waals surface area contributed by atoms with Crippen LogP contribution in [0, 0.1) is 5.92 Å². The second kappa shape index (κ2) is 10.1. The minimum Gasteiger partial charge on any atom is -0.497 e. The van der Waals surface area contributed by atoms with Crippen LogP contribution in [0.4, 0.5) is 0 Å². The zero-order valence-corrected chi connectivity index (χ0v) is 18.6. The summed E-state index contributed by atoms with van der Waals surface area (Å²) in [5, 5.41) is 7.55. The highest BCUT2D eigenvalue weighted by molar-refractivity contribution is 7.13. The maximum Gasteiger partial charge on any atom is 0.252 e. The maximum absolute atomic E-state index is 12.8. The highest BCUT2D eigenvalue weighted by Crippen LogP contribution is 2.24. The Morgan fingerprint density at radius 1 is 1.16 bits per heavy atom. The van der Waals surface area contributed by atoms with Crippen molar-refractivity contribution in [3.8, 4) is 22.3 Å². The highest BCUT2D eigenvalue weighted by Gasteiger charge is 2.25. The van der Waals surface area contributed by atoms with E-state index in [0.717, 1.165) is 4.88 Å². The standard InChI is InChI=1S/C22H25N3O5S/c1-13(2)19(25-20(26)14-8-16(28-3)10-17(9-14)29-4)21(27)23-11-15-12-30-22(24-15)18-6-5-7-31-18/h5-10,12-13,19H,11H2,1-4H3,(H,23,27)(H,25,26)/t19-/m0/s1. The van der Waals surface area contributed by atoms with Crippen LogP contribution >= 0.6 is 11.3 Å². The highest BCUT2D eigenvalue weighted by atomic mass is 32.1. The van der Waals surface area contributed by atoms with Crippen molar-refractivity contribution in [3.63, 3.8) is 0 Å².